The standard InChI is InChI=1S/C23H28OS/c1-5-18-15-17(16-19(6-2)22(18)7-3)9-14-23(24)20-10-12-21(13-11-20)25-8-4/h9-16H,5-8H2,1-4H3/b14-9+. The summed E-state index contributed by atoms with van der Waals surface area (Å²) in [5.74, 6) is 1.10. The highest BCUT2D eigenvalue weighted by Gasteiger charge is 2.07. The van der Waals surface area contributed by atoms with Gasteiger partial charge >= 0.3 is 0 Å². The number of carbonyl (C=O) groups is 1. The van der Waals surface area contributed by atoms with Gasteiger partial charge in [0.2, 0.25) is 0 Å². The van der Waals surface area contributed by atoms with E-state index < -0.39 is 0 Å². The van der Waals surface area contributed by atoms with Crippen molar-refractivity contribution in [3.05, 3.63) is 70.3 Å². The molecule has 0 heterocycles. The minimum Gasteiger partial charge on any atom is -0.289 e. The quantitative estimate of drug-likeness (QED) is 0.311. The van der Waals surface area contributed by atoms with Crippen LogP contribution in [0.4, 0.5) is 0 Å². The second kappa shape index (κ2) is 9.62. The van der Waals surface area contributed by atoms with Crippen molar-refractivity contribution >= 4 is 23.6 Å². The molecule has 2 rings (SSSR count). The molecule has 0 aliphatic carbocycles. The molecule has 0 amide bonds. The van der Waals surface area contributed by atoms with Crippen LogP contribution >= 0.6 is 11.8 Å². The number of carbonyl (C=O) groups excluding carboxylic acids is 1. The van der Waals surface area contributed by atoms with E-state index in [1.165, 1.54) is 21.6 Å². The third-order valence-corrected chi connectivity index (χ3v) is 5.34. The lowest BCUT2D eigenvalue weighted by molar-refractivity contribution is 0.104. The Morgan fingerprint density at radius 1 is 0.920 bits per heavy atom. The Kier molecular flexibility index (Phi) is 7.52. The third kappa shape index (κ3) is 5.09. The van der Waals surface area contributed by atoms with Crippen LogP contribution in [0.2, 0.25) is 0 Å². The number of allylic oxidation sites excluding steroid dienone is 1. The Labute approximate surface area is 156 Å². The molecular formula is C23H28OS. The number of hydrogen-bond donors (Lipinski definition) is 0. The van der Waals surface area contributed by atoms with E-state index in [2.05, 4.69) is 39.8 Å². The molecule has 0 radical (unpaired) electrons. The molecule has 0 saturated carbocycles. The molecule has 2 aromatic rings. The fraction of sp³-hybridized carbons (Fsp3) is 0.348. The van der Waals surface area contributed by atoms with Gasteiger partial charge in [-0.15, -0.1) is 11.8 Å². The maximum Gasteiger partial charge on any atom is 0.185 e. The fourth-order valence-electron chi connectivity index (χ4n) is 3.16. The zero-order chi connectivity index (χ0) is 18.2. The minimum atomic E-state index is 0.0590. The highest BCUT2D eigenvalue weighted by molar-refractivity contribution is 7.99. The average Bonchev–Trinajstić information content (AvgIpc) is 2.65. The first kappa shape index (κ1) is 19.5. The molecule has 2 heteroatoms. The van der Waals surface area contributed by atoms with Gasteiger partial charge in [0.15, 0.2) is 5.78 Å². The highest BCUT2D eigenvalue weighted by Crippen LogP contribution is 2.22. The van der Waals surface area contributed by atoms with E-state index >= 15 is 0 Å². The van der Waals surface area contributed by atoms with Crippen LogP contribution in [0.15, 0.2) is 47.4 Å². The zero-order valence-electron chi connectivity index (χ0n) is 15.8. The molecule has 25 heavy (non-hydrogen) atoms. The summed E-state index contributed by atoms with van der Waals surface area (Å²) >= 11 is 1.79. The van der Waals surface area contributed by atoms with Crippen molar-refractivity contribution in [3.8, 4) is 0 Å². The van der Waals surface area contributed by atoms with Crippen molar-refractivity contribution in [2.24, 2.45) is 0 Å². The lowest BCUT2D eigenvalue weighted by Crippen LogP contribution is -1.99. The van der Waals surface area contributed by atoms with E-state index in [-0.39, 0.29) is 5.78 Å². The Bertz CT molecular complexity index is 716. The largest absolute Gasteiger partial charge is 0.289 e. The van der Waals surface area contributed by atoms with Crippen molar-refractivity contribution in [1.29, 1.82) is 0 Å². The SMILES string of the molecule is CCSc1ccc(C(=O)/C=C/c2cc(CC)c(CC)c(CC)c2)cc1. The van der Waals surface area contributed by atoms with Gasteiger partial charge in [0.25, 0.3) is 0 Å². The smallest absolute Gasteiger partial charge is 0.185 e. The lowest BCUT2D eigenvalue weighted by atomic mass is 9.92. The zero-order valence-corrected chi connectivity index (χ0v) is 16.6. The van der Waals surface area contributed by atoms with Crippen LogP contribution in [0, 0.1) is 0 Å². The highest BCUT2D eigenvalue weighted by atomic mass is 32.2. The molecule has 0 saturated heterocycles. The summed E-state index contributed by atoms with van der Waals surface area (Å²) < 4.78 is 0. The van der Waals surface area contributed by atoms with Gasteiger partial charge < -0.3 is 0 Å². The summed E-state index contributed by atoms with van der Waals surface area (Å²) in [6.45, 7) is 8.74. The number of thioether (sulfide) groups is 1. The van der Waals surface area contributed by atoms with Crippen LogP contribution in [0.3, 0.4) is 0 Å². The number of aryl methyl sites for hydroxylation is 2. The first-order valence-corrected chi connectivity index (χ1v) is 10.2. The van der Waals surface area contributed by atoms with Gasteiger partial charge in [-0.3, -0.25) is 4.79 Å². The predicted octanol–water partition coefficient (Wildman–Crippen LogP) is 6.38. The predicted molar refractivity (Wildman–Crippen MR) is 111 cm³/mol. The van der Waals surface area contributed by atoms with Gasteiger partial charge in [-0.25, -0.2) is 0 Å². The van der Waals surface area contributed by atoms with E-state index in [0.717, 1.165) is 36.1 Å². The molecule has 2 aromatic carbocycles. The molecule has 0 N–H and O–H groups in total. The van der Waals surface area contributed by atoms with Gasteiger partial charge in [0, 0.05) is 10.5 Å². The normalized spacial score (nSPS) is 11.2. The number of ketones is 1. The van der Waals surface area contributed by atoms with E-state index in [4.69, 9.17) is 0 Å². The van der Waals surface area contributed by atoms with Crippen molar-refractivity contribution in [3.63, 3.8) is 0 Å². The van der Waals surface area contributed by atoms with Gasteiger partial charge in [-0.2, -0.15) is 0 Å². The molecule has 132 valence electrons. The first-order chi connectivity index (χ1) is 12.1. The lowest BCUT2D eigenvalue weighted by Gasteiger charge is -2.13. The molecule has 0 atom stereocenters. The van der Waals surface area contributed by atoms with Crippen LogP contribution in [-0.4, -0.2) is 11.5 Å². The molecule has 0 bridgehead atoms. The Balaban J connectivity index is 2.21. The van der Waals surface area contributed by atoms with Crippen molar-refractivity contribution in [2.75, 3.05) is 5.75 Å². The summed E-state index contributed by atoms with van der Waals surface area (Å²) in [5, 5.41) is 0. The van der Waals surface area contributed by atoms with E-state index in [9.17, 15) is 4.79 Å². The van der Waals surface area contributed by atoms with Gasteiger partial charge in [0.05, 0.1) is 0 Å². The monoisotopic (exact) mass is 352 g/mol. The van der Waals surface area contributed by atoms with Gasteiger partial charge in [-0.05, 0) is 77.6 Å². The van der Waals surface area contributed by atoms with Crippen molar-refractivity contribution in [2.45, 2.75) is 51.9 Å². The number of rotatable bonds is 8. The van der Waals surface area contributed by atoms with Gasteiger partial charge in [0.1, 0.15) is 0 Å². The molecule has 0 aliphatic heterocycles. The molecule has 1 nitrogen and oxygen atoms in total. The summed E-state index contributed by atoms with van der Waals surface area (Å²) in [6.07, 6.45) is 6.78. The van der Waals surface area contributed by atoms with Crippen LogP contribution in [0.25, 0.3) is 6.08 Å². The summed E-state index contributed by atoms with van der Waals surface area (Å²) in [6, 6.07) is 12.3. The fourth-order valence-corrected chi connectivity index (χ4v) is 3.82. The second-order valence-corrected chi connectivity index (χ2v) is 7.37. The first-order valence-electron chi connectivity index (χ1n) is 9.22. The molecule has 0 spiro atoms. The van der Waals surface area contributed by atoms with Crippen LogP contribution in [0.1, 0.15) is 60.3 Å². The number of hydrogen-bond acceptors (Lipinski definition) is 2. The molecule has 0 aromatic heterocycles. The Morgan fingerprint density at radius 3 is 2.00 bits per heavy atom. The summed E-state index contributed by atoms with van der Waals surface area (Å²) in [7, 11) is 0. The topological polar surface area (TPSA) is 17.1 Å². The average molecular weight is 353 g/mol. The van der Waals surface area contributed by atoms with Gasteiger partial charge in [-0.1, -0.05) is 45.9 Å². The van der Waals surface area contributed by atoms with Crippen LogP contribution in [-0.2, 0) is 19.3 Å². The van der Waals surface area contributed by atoms with Crippen molar-refractivity contribution < 1.29 is 4.79 Å². The molecule has 0 unspecified atom stereocenters. The van der Waals surface area contributed by atoms with E-state index in [1.54, 1.807) is 17.8 Å². The second-order valence-electron chi connectivity index (χ2n) is 6.03. The van der Waals surface area contributed by atoms with Crippen LogP contribution < -0.4 is 0 Å². The molecule has 0 fully saturated rings. The maximum atomic E-state index is 12.4. The molecule has 0 aliphatic rings. The summed E-state index contributed by atoms with van der Waals surface area (Å²) in [5.41, 5.74) is 6.13. The summed E-state index contributed by atoms with van der Waals surface area (Å²) in [4.78, 5) is 13.6. The minimum absolute atomic E-state index is 0.0590. The Hall–Kier alpha value is -1.80. The van der Waals surface area contributed by atoms with Crippen molar-refractivity contribution in [1.82, 2.24) is 0 Å². The Morgan fingerprint density at radius 2 is 1.52 bits per heavy atom. The number of benzene rings is 2. The third-order valence-electron chi connectivity index (χ3n) is 4.45. The van der Waals surface area contributed by atoms with E-state index in [1.807, 2.05) is 30.3 Å². The van der Waals surface area contributed by atoms with E-state index in [0.29, 0.717) is 0 Å². The molecular weight excluding hydrogens is 324 g/mol. The maximum absolute atomic E-state index is 12.4. The van der Waals surface area contributed by atoms with Crippen LogP contribution in [0.5, 0.6) is 0 Å².